The van der Waals surface area contributed by atoms with Crippen molar-refractivity contribution in [1.82, 2.24) is 14.8 Å². The Hall–Kier alpha value is -2.51. The molecule has 4 rings (SSSR count). The molecule has 152 valence electrons. The van der Waals surface area contributed by atoms with Crippen LogP contribution >= 0.6 is 11.3 Å². The van der Waals surface area contributed by atoms with Crippen LogP contribution in [0.15, 0.2) is 46.4 Å². The molecule has 0 aliphatic carbocycles. The van der Waals surface area contributed by atoms with Crippen molar-refractivity contribution in [2.24, 2.45) is 0 Å². The van der Waals surface area contributed by atoms with Crippen LogP contribution in [-0.2, 0) is 19.6 Å². The summed E-state index contributed by atoms with van der Waals surface area (Å²) in [7, 11) is 0. The van der Waals surface area contributed by atoms with Crippen molar-refractivity contribution < 1.29 is 13.6 Å². The van der Waals surface area contributed by atoms with Crippen molar-refractivity contribution in [3.63, 3.8) is 0 Å². The lowest BCUT2D eigenvalue weighted by Gasteiger charge is -2.20. The molecule has 0 bridgehead atoms. The van der Waals surface area contributed by atoms with Crippen LogP contribution in [0.2, 0.25) is 0 Å². The quantitative estimate of drug-likeness (QED) is 0.567. The molecule has 1 aliphatic heterocycles. The zero-order valence-corrected chi connectivity index (χ0v) is 17.3. The fourth-order valence-electron chi connectivity index (χ4n) is 3.54. The van der Waals surface area contributed by atoms with Gasteiger partial charge in [0.1, 0.15) is 12.1 Å². The molecule has 0 saturated carbocycles. The number of carbonyl (C=O) groups excluding carboxylic acids is 1. The van der Waals surface area contributed by atoms with Gasteiger partial charge in [-0.1, -0.05) is 12.1 Å². The molecule has 7 heteroatoms. The highest BCUT2D eigenvalue weighted by Gasteiger charge is 2.23. The number of amides is 1. The topological polar surface area (TPSA) is 49.6 Å². The van der Waals surface area contributed by atoms with Gasteiger partial charge in [-0.15, -0.1) is 11.3 Å². The van der Waals surface area contributed by atoms with E-state index < -0.39 is 0 Å². The number of oxazole rings is 1. The second kappa shape index (κ2) is 8.88. The van der Waals surface area contributed by atoms with E-state index in [0.717, 1.165) is 38.0 Å². The molecule has 29 heavy (non-hydrogen) atoms. The fraction of sp³-hybridized carbons (Fsp3) is 0.364. The van der Waals surface area contributed by atoms with E-state index in [4.69, 9.17) is 4.42 Å². The Morgan fingerprint density at radius 1 is 1.17 bits per heavy atom. The molecule has 1 aliphatic rings. The molecule has 3 aromatic rings. The predicted octanol–water partition coefficient (Wildman–Crippen LogP) is 4.62. The molecule has 3 heterocycles. The molecule has 1 amide bonds. The molecule has 0 N–H and O–H groups in total. The smallest absolute Gasteiger partial charge is 0.275 e. The number of likely N-dealkylation sites (tertiary alicyclic amines) is 1. The van der Waals surface area contributed by atoms with Crippen molar-refractivity contribution in [2.75, 3.05) is 13.1 Å². The van der Waals surface area contributed by atoms with E-state index in [1.165, 1.54) is 28.8 Å². The van der Waals surface area contributed by atoms with Crippen LogP contribution in [0.5, 0.6) is 0 Å². The van der Waals surface area contributed by atoms with E-state index in [-0.39, 0.29) is 11.7 Å². The Balaban J connectivity index is 1.49. The zero-order chi connectivity index (χ0) is 20.2. The van der Waals surface area contributed by atoms with Gasteiger partial charge in [-0.05, 0) is 54.5 Å². The normalized spacial score (nSPS) is 14.1. The molecular formula is C22H24FN3O2S. The number of nitrogens with zero attached hydrogens (tertiary/aromatic N) is 3. The molecule has 5 nitrogen and oxygen atoms in total. The molecule has 1 fully saturated rings. The van der Waals surface area contributed by atoms with E-state index in [1.807, 2.05) is 4.90 Å². The van der Waals surface area contributed by atoms with E-state index in [0.29, 0.717) is 24.7 Å². The number of aryl methyl sites for hydroxylation is 1. The van der Waals surface area contributed by atoms with Gasteiger partial charge in [-0.3, -0.25) is 9.69 Å². The lowest BCUT2D eigenvalue weighted by Crippen LogP contribution is -2.28. The second-order valence-electron chi connectivity index (χ2n) is 7.42. The first-order valence-electron chi connectivity index (χ1n) is 9.82. The van der Waals surface area contributed by atoms with Gasteiger partial charge >= 0.3 is 0 Å². The minimum Gasteiger partial charge on any atom is -0.447 e. The average molecular weight is 414 g/mol. The molecular weight excluding hydrogens is 389 g/mol. The summed E-state index contributed by atoms with van der Waals surface area (Å²) >= 11 is 1.71. The van der Waals surface area contributed by atoms with Crippen LogP contribution in [0.4, 0.5) is 4.39 Å². The van der Waals surface area contributed by atoms with E-state index in [9.17, 15) is 9.18 Å². The van der Waals surface area contributed by atoms with E-state index >= 15 is 0 Å². The molecule has 0 radical (unpaired) electrons. The summed E-state index contributed by atoms with van der Waals surface area (Å²) < 4.78 is 18.9. The van der Waals surface area contributed by atoms with Gasteiger partial charge in [0.25, 0.3) is 5.91 Å². The van der Waals surface area contributed by atoms with Gasteiger partial charge in [0.05, 0.1) is 6.54 Å². The van der Waals surface area contributed by atoms with Crippen LogP contribution in [0, 0.1) is 12.7 Å². The number of carbonyl (C=O) groups is 1. The SMILES string of the molecule is Cc1ccsc1CN(Cc1ccc(F)cc1)Cc1nc(C(=O)N2CCCC2)co1. The number of thiophene rings is 1. The number of aromatic nitrogens is 1. The molecule has 0 unspecified atom stereocenters. The minimum absolute atomic E-state index is 0.0586. The Morgan fingerprint density at radius 2 is 1.93 bits per heavy atom. The maximum absolute atomic E-state index is 13.3. The van der Waals surface area contributed by atoms with Crippen molar-refractivity contribution in [3.8, 4) is 0 Å². The number of hydrogen-bond donors (Lipinski definition) is 0. The monoisotopic (exact) mass is 413 g/mol. The molecule has 1 aromatic carbocycles. The molecule has 0 atom stereocenters. The number of halogens is 1. The summed E-state index contributed by atoms with van der Waals surface area (Å²) in [4.78, 5) is 22.3. The third kappa shape index (κ3) is 4.92. The van der Waals surface area contributed by atoms with Gasteiger partial charge in [-0.25, -0.2) is 9.37 Å². The summed E-state index contributed by atoms with van der Waals surface area (Å²) in [6.07, 6.45) is 3.55. The lowest BCUT2D eigenvalue weighted by molar-refractivity contribution is 0.0787. The first kappa shape index (κ1) is 19.8. The van der Waals surface area contributed by atoms with E-state index in [2.05, 4.69) is 28.3 Å². The molecule has 0 spiro atoms. The Kier molecular flexibility index (Phi) is 6.06. The van der Waals surface area contributed by atoms with Crippen LogP contribution in [-0.4, -0.2) is 33.8 Å². The maximum atomic E-state index is 13.3. The third-order valence-electron chi connectivity index (χ3n) is 5.18. The summed E-state index contributed by atoms with van der Waals surface area (Å²) in [5.74, 6) is 0.215. The van der Waals surface area contributed by atoms with Gasteiger partial charge in [0.2, 0.25) is 5.89 Å². The van der Waals surface area contributed by atoms with Gasteiger partial charge in [0, 0.05) is 31.1 Å². The number of hydrogen-bond acceptors (Lipinski definition) is 5. The fourth-order valence-corrected chi connectivity index (χ4v) is 4.49. The highest BCUT2D eigenvalue weighted by Crippen LogP contribution is 2.21. The predicted molar refractivity (Wildman–Crippen MR) is 110 cm³/mol. The van der Waals surface area contributed by atoms with Crippen molar-refractivity contribution in [3.05, 3.63) is 75.4 Å². The Bertz CT molecular complexity index is 961. The summed E-state index contributed by atoms with van der Waals surface area (Å²) in [6.45, 7) is 5.51. The van der Waals surface area contributed by atoms with Crippen molar-refractivity contribution in [1.29, 1.82) is 0 Å². The first-order valence-corrected chi connectivity index (χ1v) is 10.7. The highest BCUT2D eigenvalue weighted by molar-refractivity contribution is 7.10. The van der Waals surface area contributed by atoms with Crippen molar-refractivity contribution >= 4 is 17.2 Å². The highest BCUT2D eigenvalue weighted by atomic mass is 32.1. The Morgan fingerprint density at radius 3 is 2.62 bits per heavy atom. The standard InChI is InChI=1S/C22H24FN3O2S/c1-16-8-11-29-20(16)13-25(12-17-4-6-18(23)7-5-17)14-21-24-19(15-28-21)22(27)26-9-2-3-10-26/h4-8,11,15H,2-3,9-10,12-14H2,1H3. The van der Waals surface area contributed by atoms with Crippen LogP contribution < -0.4 is 0 Å². The largest absolute Gasteiger partial charge is 0.447 e. The second-order valence-corrected chi connectivity index (χ2v) is 8.42. The van der Waals surface area contributed by atoms with Crippen LogP contribution in [0.1, 0.15) is 45.2 Å². The zero-order valence-electron chi connectivity index (χ0n) is 16.4. The van der Waals surface area contributed by atoms with Crippen LogP contribution in [0.3, 0.4) is 0 Å². The maximum Gasteiger partial charge on any atom is 0.275 e. The molecule has 1 saturated heterocycles. The summed E-state index contributed by atoms with van der Waals surface area (Å²) in [6, 6.07) is 8.64. The summed E-state index contributed by atoms with van der Waals surface area (Å²) in [5, 5.41) is 2.08. The molecule has 2 aromatic heterocycles. The average Bonchev–Trinajstić information content (AvgIpc) is 3.46. The Labute approximate surface area is 173 Å². The minimum atomic E-state index is -0.243. The number of benzene rings is 1. The van der Waals surface area contributed by atoms with Crippen LogP contribution in [0.25, 0.3) is 0 Å². The number of rotatable bonds is 7. The lowest BCUT2D eigenvalue weighted by atomic mass is 10.2. The van der Waals surface area contributed by atoms with E-state index in [1.54, 1.807) is 23.5 Å². The summed E-state index contributed by atoms with van der Waals surface area (Å²) in [5.41, 5.74) is 2.63. The van der Waals surface area contributed by atoms with Gasteiger partial charge < -0.3 is 9.32 Å². The van der Waals surface area contributed by atoms with Gasteiger partial charge in [0.15, 0.2) is 5.69 Å². The van der Waals surface area contributed by atoms with Gasteiger partial charge in [-0.2, -0.15) is 0 Å². The third-order valence-corrected chi connectivity index (χ3v) is 6.19. The first-order chi connectivity index (χ1) is 14.1. The van der Waals surface area contributed by atoms with Crippen molar-refractivity contribution in [2.45, 2.75) is 39.4 Å².